The molecule has 3 aromatic carbocycles. The molecule has 0 nitrogen and oxygen atoms in total. The normalized spacial score (nSPS) is 21.0. The molecule has 0 saturated carbocycles. The molecular formula is C42H54Cl2Zr-2. The largest absolute Gasteiger partial charge is 1.00 e. The van der Waals surface area contributed by atoms with Crippen molar-refractivity contribution in [1.82, 2.24) is 0 Å². The standard InChI is InChI=1S/C29H33.C10H15.C3H6.2ClH.Zr/c1-14-13-24-25(18(5)15(14)2)21(8)28-27-20(7)17(4)16(3)19(6)26(27)22-11-9-10-12-23(22)29(24)28;1-8-6-5-7-9(8)10(2,3)4;1-3-2;;;/h9-13,16-17,19,21H,1-8H3;6H,5H2,1-4H3;1-2H3;2*1H;/q2*-1;;;;+2/p-2. The second kappa shape index (κ2) is 15.2. The minimum absolute atomic E-state index is 0. The van der Waals surface area contributed by atoms with E-state index in [1.54, 1.807) is 52.4 Å². The van der Waals surface area contributed by atoms with E-state index in [0.717, 1.165) is 6.42 Å². The van der Waals surface area contributed by atoms with Crippen molar-refractivity contribution in [3.63, 3.8) is 0 Å². The number of hydrogen-bond donors (Lipinski definition) is 0. The molecule has 0 spiro atoms. The Morgan fingerprint density at radius 2 is 1.42 bits per heavy atom. The molecule has 0 saturated heterocycles. The van der Waals surface area contributed by atoms with Crippen LogP contribution >= 0.6 is 0 Å². The van der Waals surface area contributed by atoms with Crippen LogP contribution in [0.1, 0.15) is 133 Å². The molecule has 0 bridgehead atoms. The van der Waals surface area contributed by atoms with Crippen LogP contribution in [0, 0.1) is 50.0 Å². The van der Waals surface area contributed by atoms with Crippen LogP contribution in [0.25, 0.3) is 21.9 Å². The minimum atomic E-state index is 0. The molecule has 0 aliphatic heterocycles. The van der Waals surface area contributed by atoms with E-state index in [2.05, 4.69) is 139 Å². The van der Waals surface area contributed by atoms with E-state index in [1.807, 2.05) is 0 Å². The van der Waals surface area contributed by atoms with Gasteiger partial charge in [-0.25, -0.2) is 11.1 Å². The summed E-state index contributed by atoms with van der Waals surface area (Å²) in [6, 6.07) is 11.7. The van der Waals surface area contributed by atoms with Crippen molar-refractivity contribution in [3.05, 3.63) is 98.5 Å². The molecule has 0 N–H and O–H groups in total. The second-order valence-electron chi connectivity index (χ2n) is 14.8. The Labute approximate surface area is 303 Å². The van der Waals surface area contributed by atoms with Crippen LogP contribution in [0.4, 0.5) is 0 Å². The third-order valence-electron chi connectivity index (χ3n) is 10.6. The summed E-state index contributed by atoms with van der Waals surface area (Å²) in [5.41, 5.74) is 16.8. The summed E-state index contributed by atoms with van der Waals surface area (Å²) >= 11 is 1.55. The zero-order valence-corrected chi connectivity index (χ0v) is 34.2. The summed E-state index contributed by atoms with van der Waals surface area (Å²) in [6.07, 6.45) is 6.62. The summed E-state index contributed by atoms with van der Waals surface area (Å²) in [6.45, 7) is 32.2. The Balaban J connectivity index is 0.000000371. The minimum Gasteiger partial charge on any atom is -1.00 e. The summed E-state index contributed by atoms with van der Waals surface area (Å²) in [5.74, 6) is 3.94. The monoisotopic (exact) mass is 718 g/mol. The van der Waals surface area contributed by atoms with Gasteiger partial charge in [-0.05, 0) is 65.3 Å². The molecule has 3 heteroatoms. The average molecular weight is 721 g/mol. The molecule has 0 radical (unpaired) electrons. The van der Waals surface area contributed by atoms with Crippen LogP contribution in [0.15, 0.2) is 47.6 Å². The predicted molar refractivity (Wildman–Crippen MR) is 187 cm³/mol. The zero-order valence-electron chi connectivity index (χ0n) is 30.2. The summed E-state index contributed by atoms with van der Waals surface area (Å²) in [5, 5.41) is 2.93. The van der Waals surface area contributed by atoms with Crippen LogP contribution in [0.5, 0.6) is 0 Å². The van der Waals surface area contributed by atoms with E-state index in [0.29, 0.717) is 23.7 Å². The third-order valence-corrected chi connectivity index (χ3v) is 10.6. The van der Waals surface area contributed by atoms with E-state index in [-0.39, 0.29) is 30.2 Å². The van der Waals surface area contributed by atoms with E-state index < -0.39 is 0 Å². The summed E-state index contributed by atoms with van der Waals surface area (Å²) in [4.78, 5) is 0. The number of benzene rings is 3. The second-order valence-corrected chi connectivity index (χ2v) is 17.2. The smallest absolute Gasteiger partial charge is 0.0264 e. The first-order valence-electron chi connectivity index (χ1n) is 16.3. The average Bonchev–Trinajstić information content (AvgIpc) is 3.50. The van der Waals surface area contributed by atoms with Gasteiger partial charge in [0.05, 0.1) is 0 Å². The van der Waals surface area contributed by atoms with Crippen LogP contribution in [0.2, 0.25) is 0 Å². The molecule has 3 aliphatic rings. The molecule has 45 heavy (non-hydrogen) atoms. The van der Waals surface area contributed by atoms with Gasteiger partial charge in [0.2, 0.25) is 0 Å². The van der Waals surface area contributed by atoms with Gasteiger partial charge in [0.15, 0.2) is 0 Å². The van der Waals surface area contributed by atoms with Gasteiger partial charge in [-0.15, -0.1) is 24.5 Å². The van der Waals surface area contributed by atoms with E-state index >= 15 is 0 Å². The van der Waals surface area contributed by atoms with Gasteiger partial charge >= 0.3 is 41.3 Å². The van der Waals surface area contributed by atoms with Gasteiger partial charge in [-0.3, -0.25) is 6.08 Å². The molecule has 0 fully saturated rings. The Kier molecular flexibility index (Phi) is 13.5. The third kappa shape index (κ3) is 7.37. The SMILES string of the molecule is CC1=CC[C-]=C1C(C)(C)C.C[C](C)=[Zr+2].Cc1cc2c(c(C)c1C)C(C)c1c3c(c4ccccc4c1-2)C(C)C(C)C(C)[C-]3C.[Cl-].[Cl-]. The fraction of sp³-hybridized carbons (Fsp3) is 0.476. The van der Waals surface area contributed by atoms with Crippen molar-refractivity contribution in [2.75, 3.05) is 0 Å². The van der Waals surface area contributed by atoms with Gasteiger partial charge in [0.1, 0.15) is 0 Å². The molecule has 242 valence electrons. The van der Waals surface area contributed by atoms with E-state index in [9.17, 15) is 0 Å². The fourth-order valence-electron chi connectivity index (χ4n) is 7.84. The molecule has 0 amide bonds. The maximum Gasteiger partial charge on any atom is -0.0264 e. The fourth-order valence-corrected chi connectivity index (χ4v) is 7.84. The van der Waals surface area contributed by atoms with Crippen LogP contribution in [-0.2, 0) is 24.2 Å². The topological polar surface area (TPSA) is 0 Å². The Morgan fingerprint density at radius 1 is 0.867 bits per heavy atom. The molecule has 4 atom stereocenters. The Bertz CT molecular complexity index is 1630. The summed E-state index contributed by atoms with van der Waals surface area (Å²) < 4.78 is 1.51. The molecule has 4 unspecified atom stereocenters. The van der Waals surface area contributed by atoms with E-state index in [4.69, 9.17) is 0 Å². The molecule has 3 aromatic rings. The molecule has 0 aromatic heterocycles. The number of allylic oxidation sites excluding steroid dienone is 4. The predicted octanol–water partition coefficient (Wildman–Crippen LogP) is 6.09. The van der Waals surface area contributed by atoms with Gasteiger partial charge in [-0.2, -0.15) is 17.6 Å². The molecule has 0 heterocycles. The number of aryl methyl sites for hydroxylation is 1. The Hall–Kier alpha value is -1.40. The van der Waals surface area contributed by atoms with Crippen molar-refractivity contribution >= 4 is 14.0 Å². The number of halogens is 2. The number of fused-ring (bicyclic) bond motifs is 8. The van der Waals surface area contributed by atoms with Crippen molar-refractivity contribution in [1.29, 1.82) is 0 Å². The summed E-state index contributed by atoms with van der Waals surface area (Å²) in [7, 11) is 0. The van der Waals surface area contributed by atoms with Gasteiger partial charge in [0.25, 0.3) is 0 Å². The van der Waals surface area contributed by atoms with Crippen molar-refractivity contribution in [2.24, 2.45) is 17.3 Å². The van der Waals surface area contributed by atoms with Crippen molar-refractivity contribution < 1.29 is 49.0 Å². The first-order chi connectivity index (χ1) is 20.0. The van der Waals surface area contributed by atoms with Crippen LogP contribution in [0.3, 0.4) is 0 Å². The van der Waals surface area contributed by atoms with Gasteiger partial charge < -0.3 is 24.8 Å². The number of rotatable bonds is 0. The quantitative estimate of drug-likeness (QED) is 0.247. The van der Waals surface area contributed by atoms with Gasteiger partial charge in [-0.1, -0.05) is 114 Å². The van der Waals surface area contributed by atoms with Crippen molar-refractivity contribution in [2.45, 2.75) is 115 Å². The van der Waals surface area contributed by atoms with E-state index in [1.165, 1.54) is 52.9 Å². The first-order valence-corrected chi connectivity index (χ1v) is 17.6. The van der Waals surface area contributed by atoms with Crippen LogP contribution in [-0.4, -0.2) is 3.21 Å². The first kappa shape index (κ1) is 39.8. The van der Waals surface area contributed by atoms with Crippen LogP contribution < -0.4 is 24.8 Å². The Morgan fingerprint density at radius 3 is 1.91 bits per heavy atom. The zero-order chi connectivity index (χ0) is 32.1. The number of hydrogen-bond acceptors (Lipinski definition) is 0. The maximum absolute atomic E-state index is 3.37. The molecular weight excluding hydrogens is 667 g/mol. The molecule has 3 aliphatic carbocycles. The van der Waals surface area contributed by atoms with Crippen molar-refractivity contribution in [3.8, 4) is 11.1 Å². The van der Waals surface area contributed by atoms with Gasteiger partial charge in [0, 0.05) is 0 Å². The molecule has 6 rings (SSSR count). The maximum atomic E-state index is 3.37.